The first kappa shape index (κ1) is 14.4. The first-order chi connectivity index (χ1) is 8.87. The van der Waals surface area contributed by atoms with Crippen molar-refractivity contribution in [3.63, 3.8) is 0 Å². The molecule has 1 unspecified atom stereocenters. The van der Waals surface area contributed by atoms with Gasteiger partial charge in [0.05, 0.1) is 13.0 Å². The molecule has 1 atom stereocenters. The van der Waals surface area contributed by atoms with Crippen molar-refractivity contribution in [2.24, 2.45) is 5.92 Å². The Bertz CT molecular complexity index is 499. The second-order valence-electron chi connectivity index (χ2n) is 5.60. The van der Waals surface area contributed by atoms with Crippen LogP contribution >= 0.6 is 15.9 Å². The summed E-state index contributed by atoms with van der Waals surface area (Å²) >= 11 is 3.57. The van der Waals surface area contributed by atoms with Crippen LogP contribution in [0.3, 0.4) is 0 Å². The number of aryl methyl sites for hydroxylation is 1. The summed E-state index contributed by atoms with van der Waals surface area (Å²) in [6.07, 6.45) is 0.838. The average Bonchev–Trinajstić information content (AvgIpc) is 2.67. The maximum Gasteiger partial charge on any atom is 0.311 e. The summed E-state index contributed by atoms with van der Waals surface area (Å²) in [7, 11) is 1.46. The van der Waals surface area contributed by atoms with E-state index in [1.807, 2.05) is 0 Å². The molecule has 0 saturated carbocycles. The van der Waals surface area contributed by atoms with Gasteiger partial charge in [0.25, 0.3) is 0 Å². The largest absolute Gasteiger partial charge is 0.469 e. The summed E-state index contributed by atoms with van der Waals surface area (Å²) in [5.41, 5.74) is 2.14. The zero-order valence-corrected chi connectivity index (χ0v) is 13.5. The van der Waals surface area contributed by atoms with Crippen LogP contribution in [0.15, 0.2) is 22.7 Å². The smallest absolute Gasteiger partial charge is 0.311 e. The number of nitrogens with zero attached hydrogens (tertiary/aromatic N) is 1. The Hall–Kier alpha value is -1.03. The third kappa shape index (κ3) is 2.50. The molecule has 0 radical (unpaired) electrons. The van der Waals surface area contributed by atoms with E-state index < -0.39 is 0 Å². The molecule has 1 aliphatic heterocycles. The molecule has 1 aromatic rings. The van der Waals surface area contributed by atoms with Gasteiger partial charge in [-0.05, 0) is 44.9 Å². The first-order valence-corrected chi connectivity index (χ1v) is 7.29. The highest BCUT2D eigenvalue weighted by Crippen LogP contribution is 2.39. The Morgan fingerprint density at radius 2 is 2.16 bits per heavy atom. The average molecular weight is 326 g/mol. The molecule has 3 nitrogen and oxygen atoms in total. The van der Waals surface area contributed by atoms with Gasteiger partial charge in [0.15, 0.2) is 0 Å². The number of carbonyl (C=O) groups is 1. The van der Waals surface area contributed by atoms with Gasteiger partial charge >= 0.3 is 5.97 Å². The van der Waals surface area contributed by atoms with Crippen molar-refractivity contribution in [3.05, 3.63) is 28.2 Å². The zero-order valence-electron chi connectivity index (χ0n) is 11.9. The van der Waals surface area contributed by atoms with Crippen LogP contribution in [0.2, 0.25) is 0 Å². The van der Waals surface area contributed by atoms with Crippen LogP contribution in [0.5, 0.6) is 0 Å². The van der Waals surface area contributed by atoms with Crippen LogP contribution in [0, 0.1) is 12.8 Å². The van der Waals surface area contributed by atoms with E-state index in [4.69, 9.17) is 4.74 Å². The van der Waals surface area contributed by atoms with Crippen LogP contribution in [0.25, 0.3) is 0 Å². The summed E-state index contributed by atoms with van der Waals surface area (Å²) < 4.78 is 6.02. The third-order valence-electron chi connectivity index (χ3n) is 4.14. The Balaban J connectivity index is 2.31. The number of rotatable bonds is 2. The number of anilines is 1. The van der Waals surface area contributed by atoms with Gasteiger partial charge in [-0.25, -0.2) is 0 Å². The fourth-order valence-electron chi connectivity index (χ4n) is 2.85. The van der Waals surface area contributed by atoms with Crippen molar-refractivity contribution in [1.29, 1.82) is 0 Å². The topological polar surface area (TPSA) is 29.5 Å². The van der Waals surface area contributed by atoms with Gasteiger partial charge in [0.1, 0.15) is 0 Å². The molecule has 1 fully saturated rings. The Labute approximate surface area is 123 Å². The number of benzene rings is 1. The Morgan fingerprint density at radius 3 is 2.74 bits per heavy atom. The molecule has 1 heterocycles. The third-order valence-corrected chi connectivity index (χ3v) is 5.00. The highest BCUT2D eigenvalue weighted by atomic mass is 79.9. The molecular formula is C15H20BrNO2. The summed E-state index contributed by atoms with van der Waals surface area (Å²) in [6.45, 7) is 7.16. The van der Waals surface area contributed by atoms with Crippen molar-refractivity contribution in [3.8, 4) is 0 Å². The van der Waals surface area contributed by atoms with E-state index in [-0.39, 0.29) is 17.4 Å². The van der Waals surface area contributed by atoms with E-state index in [1.165, 1.54) is 12.7 Å². The predicted molar refractivity (Wildman–Crippen MR) is 80.4 cm³/mol. The lowest BCUT2D eigenvalue weighted by Gasteiger charge is -2.36. The maximum atomic E-state index is 11.9. The van der Waals surface area contributed by atoms with E-state index in [0.717, 1.165) is 23.1 Å². The van der Waals surface area contributed by atoms with Gasteiger partial charge in [-0.1, -0.05) is 22.0 Å². The summed E-state index contributed by atoms with van der Waals surface area (Å²) in [5, 5.41) is 0. The Kier molecular flexibility index (Phi) is 3.90. The van der Waals surface area contributed by atoms with Crippen LogP contribution in [0.4, 0.5) is 5.69 Å². The normalized spacial score (nSPS) is 21.5. The molecule has 4 heteroatoms. The standard InChI is InChI=1S/C15H20BrNO2/c1-10-5-6-11(9-13(10)16)17-8-7-12(14(18)19-4)15(17,2)3/h5-6,9,12H,7-8H2,1-4H3. The van der Waals surface area contributed by atoms with Gasteiger partial charge in [-0.2, -0.15) is 0 Å². The molecule has 1 aliphatic rings. The van der Waals surface area contributed by atoms with Gasteiger partial charge in [-0.15, -0.1) is 0 Å². The van der Waals surface area contributed by atoms with Crippen LogP contribution in [-0.4, -0.2) is 25.2 Å². The van der Waals surface area contributed by atoms with E-state index in [9.17, 15) is 4.79 Å². The molecule has 1 aromatic carbocycles. The monoisotopic (exact) mass is 325 g/mol. The molecular weight excluding hydrogens is 306 g/mol. The van der Waals surface area contributed by atoms with Crippen molar-refractivity contribution in [2.45, 2.75) is 32.7 Å². The number of hydrogen-bond acceptors (Lipinski definition) is 3. The van der Waals surface area contributed by atoms with Gasteiger partial charge < -0.3 is 9.64 Å². The summed E-state index contributed by atoms with van der Waals surface area (Å²) in [6, 6.07) is 6.33. The van der Waals surface area contributed by atoms with Crippen molar-refractivity contribution in [1.82, 2.24) is 0 Å². The van der Waals surface area contributed by atoms with Crippen LogP contribution in [0.1, 0.15) is 25.8 Å². The lowest BCUT2D eigenvalue weighted by Crippen LogP contribution is -2.45. The van der Waals surface area contributed by atoms with Crippen LogP contribution < -0.4 is 4.90 Å². The second kappa shape index (κ2) is 5.16. The quantitative estimate of drug-likeness (QED) is 0.779. The van der Waals surface area contributed by atoms with Crippen molar-refractivity contribution >= 4 is 27.6 Å². The number of carbonyl (C=O) groups excluding carboxylic acids is 1. The van der Waals surface area contributed by atoms with Gasteiger partial charge in [0, 0.05) is 22.2 Å². The lowest BCUT2D eigenvalue weighted by molar-refractivity contribution is -0.146. The molecule has 2 rings (SSSR count). The van der Waals surface area contributed by atoms with Gasteiger partial charge in [-0.3, -0.25) is 4.79 Å². The molecule has 0 bridgehead atoms. The van der Waals surface area contributed by atoms with Crippen LogP contribution in [-0.2, 0) is 9.53 Å². The fraction of sp³-hybridized carbons (Fsp3) is 0.533. The molecule has 0 amide bonds. The number of hydrogen-bond donors (Lipinski definition) is 0. The van der Waals surface area contributed by atoms with E-state index in [2.05, 4.69) is 59.8 Å². The number of esters is 1. The molecule has 0 spiro atoms. The second-order valence-corrected chi connectivity index (χ2v) is 6.46. The highest BCUT2D eigenvalue weighted by molar-refractivity contribution is 9.10. The summed E-state index contributed by atoms with van der Waals surface area (Å²) in [5.74, 6) is -0.184. The molecule has 0 N–H and O–H groups in total. The molecule has 0 aliphatic carbocycles. The fourth-order valence-corrected chi connectivity index (χ4v) is 3.21. The number of ether oxygens (including phenoxy) is 1. The number of halogens is 1. The van der Waals surface area contributed by atoms with E-state index >= 15 is 0 Å². The van der Waals surface area contributed by atoms with Crippen molar-refractivity contribution in [2.75, 3.05) is 18.6 Å². The lowest BCUT2D eigenvalue weighted by atomic mass is 9.88. The Morgan fingerprint density at radius 1 is 1.47 bits per heavy atom. The SMILES string of the molecule is COC(=O)C1CCN(c2ccc(C)c(Br)c2)C1(C)C. The molecule has 104 valence electrons. The van der Waals surface area contributed by atoms with Gasteiger partial charge in [0.2, 0.25) is 0 Å². The zero-order chi connectivity index (χ0) is 14.2. The minimum Gasteiger partial charge on any atom is -0.469 e. The highest BCUT2D eigenvalue weighted by Gasteiger charge is 2.46. The maximum absolute atomic E-state index is 11.9. The minimum atomic E-state index is -0.220. The predicted octanol–water partition coefficient (Wildman–Crippen LogP) is 3.54. The van der Waals surface area contributed by atoms with E-state index in [0.29, 0.717) is 0 Å². The summed E-state index contributed by atoms with van der Waals surface area (Å²) in [4.78, 5) is 14.2. The molecule has 19 heavy (non-hydrogen) atoms. The van der Waals surface area contributed by atoms with Crippen molar-refractivity contribution < 1.29 is 9.53 Å². The molecule has 0 aromatic heterocycles. The molecule has 1 saturated heterocycles. The van der Waals surface area contributed by atoms with E-state index in [1.54, 1.807) is 0 Å². The number of methoxy groups -OCH3 is 1. The first-order valence-electron chi connectivity index (χ1n) is 6.49. The minimum absolute atomic E-state index is 0.0717.